The van der Waals surface area contributed by atoms with Crippen LogP contribution in [0.15, 0.2) is 18.2 Å². The molecule has 1 amide bonds. The number of phenolic OH excluding ortho intramolecular Hbond substituents is 2. The quantitative estimate of drug-likeness (QED) is 0.760. The summed E-state index contributed by atoms with van der Waals surface area (Å²) in [4.78, 5) is 11.3. The van der Waals surface area contributed by atoms with Gasteiger partial charge in [0, 0.05) is 5.39 Å². The Hall–Kier alpha value is -2.55. The first kappa shape index (κ1) is 15.3. The Morgan fingerprint density at radius 1 is 1.26 bits per heavy atom. The van der Waals surface area contributed by atoms with E-state index in [0.717, 1.165) is 6.07 Å². The van der Waals surface area contributed by atoms with Gasteiger partial charge in [-0.05, 0) is 35.6 Å². The highest BCUT2D eigenvalue weighted by Crippen LogP contribution is 2.40. The third-order valence-corrected chi connectivity index (χ3v) is 5.06. The molecule has 0 radical (unpaired) electrons. The van der Waals surface area contributed by atoms with E-state index in [1.165, 1.54) is 12.1 Å². The van der Waals surface area contributed by atoms with Crippen LogP contribution in [0.2, 0.25) is 0 Å². The summed E-state index contributed by atoms with van der Waals surface area (Å²) in [6.07, 6.45) is 0.444. The molecule has 2 aromatic rings. The van der Waals surface area contributed by atoms with Gasteiger partial charge in [0.1, 0.15) is 23.7 Å². The monoisotopic (exact) mass is 340 g/mol. The number of fused-ring (bicyclic) bond motifs is 1. The van der Waals surface area contributed by atoms with E-state index >= 15 is 0 Å². The van der Waals surface area contributed by atoms with E-state index in [2.05, 4.69) is 0 Å². The number of aromatic hydroxyl groups is 2. The Bertz CT molecular complexity index is 942. The summed E-state index contributed by atoms with van der Waals surface area (Å²) < 4.78 is 40.7. The summed E-state index contributed by atoms with van der Waals surface area (Å²) in [5.41, 5.74) is -0.116. The minimum atomic E-state index is -4.24. The molecule has 0 saturated carbocycles. The van der Waals surface area contributed by atoms with Crippen molar-refractivity contribution < 1.29 is 27.8 Å². The Morgan fingerprint density at radius 3 is 2.48 bits per heavy atom. The Morgan fingerprint density at radius 2 is 1.91 bits per heavy atom. The number of amides is 1. The molecule has 0 aromatic heterocycles. The number of aryl methyl sites for hydroxylation is 1. The summed E-state index contributed by atoms with van der Waals surface area (Å²) in [6.45, 7) is 1.16. The number of halogens is 1. The molecule has 1 fully saturated rings. The molecule has 122 valence electrons. The van der Waals surface area contributed by atoms with Gasteiger partial charge in [0.2, 0.25) is 0 Å². The fourth-order valence-electron chi connectivity index (χ4n) is 2.58. The highest BCUT2D eigenvalue weighted by molar-refractivity contribution is 7.92. The van der Waals surface area contributed by atoms with E-state index in [0.29, 0.717) is 16.3 Å². The number of anilines is 1. The number of hydrogen-bond donors (Lipinski definition) is 3. The third-order valence-electron chi connectivity index (χ3n) is 3.68. The van der Waals surface area contributed by atoms with Crippen molar-refractivity contribution in [1.82, 2.24) is 4.72 Å². The minimum Gasteiger partial charge on any atom is -0.508 e. The highest BCUT2D eigenvalue weighted by atomic mass is 32.2. The molecule has 0 bridgehead atoms. The fourth-order valence-corrected chi connectivity index (χ4v) is 3.74. The summed E-state index contributed by atoms with van der Waals surface area (Å²) >= 11 is 0. The summed E-state index contributed by atoms with van der Waals surface area (Å²) in [6, 6.07) is 3.83. The number of hydrogen-bond acceptors (Lipinski definition) is 5. The van der Waals surface area contributed by atoms with Crippen molar-refractivity contribution in [2.45, 2.75) is 13.3 Å². The van der Waals surface area contributed by atoms with Crippen LogP contribution in [0.3, 0.4) is 0 Å². The standard InChI is InChI=1S/C14H13FN2O5S/c1-2-7-3-9-8(4-10(7)18)5-11(19)14(13(9)15)17-6-12(20)16-23(17,21)22/h3-5,18-19H,2,6H2,1H3,(H,16,20). The van der Waals surface area contributed by atoms with Gasteiger partial charge in [0.15, 0.2) is 5.82 Å². The second-order valence-corrected chi connectivity index (χ2v) is 6.75. The Kier molecular flexibility index (Phi) is 3.33. The van der Waals surface area contributed by atoms with Gasteiger partial charge < -0.3 is 10.2 Å². The Labute approximate surface area is 131 Å². The van der Waals surface area contributed by atoms with Gasteiger partial charge in [0.25, 0.3) is 5.91 Å². The van der Waals surface area contributed by atoms with Crippen molar-refractivity contribution in [3.05, 3.63) is 29.6 Å². The van der Waals surface area contributed by atoms with Gasteiger partial charge in [-0.2, -0.15) is 8.42 Å². The maximum absolute atomic E-state index is 14.8. The second kappa shape index (κ2) is 4.98. The largest absolute Gasteiger partial charge is 0.508 e. The number of carbonyl (C=O) groups is 1. The number of benzene rings is 2. The SMILES string of the molecule is CCc1cc2c(F)c(N3CC(=O)NS3(=O)=O)c(O)cc2cc1O. The normalized spacial score (nSPS) is 16.8. The first-order chi connectivity index (χ1) is 10.7. The van der Waals surface area contributed by atoms with Crippen molar-refractivity contribution >= 4 is 32.6 Å². The van der Waals surface area contributed by atoms with Crippen LogP contribution < -0.4 is 9.03 Å². The second-order valence-electron chi connectivity index (χ2n) is 5.15. The molecule has 7 nitrogen and oxygen atoms in total. The molecular formula is C14H13FN2O5S. The highest BCUT2D eigenvalue weighted by Gasteiger charge is 2.37. The van der Waals surface area contributed by atoms with E-state index in [-0.39, 0.29) is 16.5 Å². The zero-order valence-electron chi connectivity index (χ0n) is 12.0. The molecule has 2 aromatic carbocycles. The van der Waals surface area contributed by atoms with Crippen molar-refractivity contribution in [1.29, 1.82) is 0 Å². The number of nitrogens with zero attached hydrogens (tertiary/aromatic N) is 1. The van der Waals surface area contributed by atoms with Crippen molar-refractivity contribution in [3.8, 4) is 11.5 Å². The molecule has 0 unspecified atom stereocenters. The van der Waals surface area contributed by atoms with E-state index in [9.17, 15) is 27.8 Å². The molecular weight excluding hydrogens is 327 g/mol. The number of carbonyl (C=O) groups excluding carboxylic acids is 1. The number of nitrogens with one attached hydrogen (secondary N) is 1. The summed E-state index contributed by atoms with van der Waals surface area (Å²) in [7, 11) is -4.24. The third kappa shape index (κ3) is 2.33. The molecule has 1 aliphatic heterocycles. The van der Waals surface area contributed by atoms with Crippen LogP contribution >= 0.6 is 0 Å². The van der Waals surface area contributed by atoms with Crippen LogP contribution in [0.1, 0.15) is 12.5 Å². The lowest BCUT2D eigenvalue weighted by atomic mass is 10.0. The number of rotatable bonds is 2. The van der Waals surface area contributed by atoms with Gasteiger partial charge in [-0.3, -0.25) is 4.79 Å². The summed E-state index contributed by atoms with van der Waals surface area (Å²) in [5.74, 6) is -2.48. The molecule has 1 heterocycles. The molecule has 1 aliphatic rings. The van der Waals surface area contributed by atoms with E-state index in [1.807, 2.05) is 0 Å². The zero-order chi connectivity index (χ0) is 16.9. The van der Waals surface area contributed by atoms with E-state index in [1.54, 1.807) is 11.6 Å². The zero-order valence-corrected chi connectivity index (χ0v) is 12.8. The predicted molar refractivity (Wildman–Crippen MR) is 81.0 cm³/mol. The van der Waals surface area contributed by atoms with Crippen molar-refractivity contribution in [3.63, 3.8) is 0 Å². The fraction of sp³-hybridized carbons (Fsp3) is 0.214. The summed E-state index contributed by atoms with van der Waals surface area (Å²) in [5, 5.41) is 20.1. The van der Waals surface area contributed by atoms with Gasteiger partial charge in [-0.25, -0.2) is 13.4 Å². The smallest absolute Gasteiger partial charge is 0.326 e. The maximum atomic E-state index is 14.8. The topological polar surface area (TPSA) is 107 Å². The first-order valence-electron chi connectivity index (χ1n) is 6.75. The first-order valence-corrected chi connectivity index (χ1v) is 8.19. The lowest BCUT2D eigenvalue weighted by Gasteiger charge is -2.18. The van der Waals surface area contributed by atoms with Crippen LogP contribution in [0.4, 0.5) is 10.1 Å². The van der Waals surface area contributed by atoms with Crippen LogP contribution in [0.5, 0.6) is 11.5 Å². The van der Waals surface area contributed by atoms with Crippen LogP contribution in [0, 0.1) is 5.82 Å². The number of phenols is 2. The van der Waals surface area contributed by atoms with Gasteiger partial charge in [-0.15, -0.1) is 0 Å². The molecule has 3 N–H and O–H groups in total. The van der Waals surface area contributed by atoms with Crippen molar-refractivity contribution in [2.24, 2.45) is 0 Å². The van der Waals surface area contributed by atoms with Crippen molar-refractivity contribution in [2.75, 3.05) is 10.8 Å². The average molecular weight is 340 g/mol. The lowest BCUT2D eigenvalue weighted by molar-refractivity contribution is -0.117. The Balaban J connectivity index is 2.30. The predicted octanol–water partition coefficient (Wildman–Crippen LogP) is 1.13. The lowest BCUT2D eigenvalue weighted by Crippen LogP contribution is -2.30. The van der Waals surface area contributed by atoms with Crippen LogP contribution in [0.25, 0.3) is 10.8 Å². The van der Waals surface area contributed by atoms with Gasteiger partial charge in [-0.1, -0.05) is 6.92 Å². The molecule has 0 atom stereocenters. The van der Waals surface area contributed by atoms with Gasteiger partial charge in [0.05, 0.1) is 0 Å². The maximum Gasteiger partial charge on any atom is 0.326 e. The molecule has 1 saturated heterocycles. The van der Waals surface area contributed by atoms with Crippen LogP contribution in [-0.4, -0.2) is 31.1 Å². The molecule has 9 heteroatoms. The molecule has 0 aliphatic carbocycles. The van der Waals surface area contributed by atoms with Gasteiger partial charge >= 0.3 is 10.2 Å². The molecule has 23 heavy (non-hydrogen) atoms. The van der Waals surface area contributed by atoms with E-state index in [4.69, 9.17) is 0 Å². The van der Waals surface area contributed by atoms with E-state index < -0.39 is 39.9 Å². The van der Waals surface area contributed by atoms with Crippen LogP contribution in [-0.2, 0) is 21.4 Å². The molecule has 3 rings (SSSR count). The molecule has 0 spiro atoms. The average Bonchev–Trinajstić information content (AvgIpc) is 2.71. The minimum absolute atomic E-state index is 0.0435.